The fraction of sp³-hybridized carbons (Fsp3) is 0.471. The van der Waals surface area contributed by atoms with Gasteiger partial charge in [-0.3, -0.25) is 0 Å². The summed E-state index contributed by atoms with van der Waals surface area (Å²) in [6, 6.07) is 3.82. The van der Waals surface area contributed by atoms with Crippen LogP contribution >= 0.6 is 0 Å². The van der Waals surface area contributed by atoms with Crippen LogP contribution in [0.15, 0.2) is 18.2 Å². The maximum absolute atomic E-state index is 10.5. The van der Waals surface area contributed by atoms with Crippen molar-refractivity contribution in [1.29, 1.82) is 0 Å². The molecule has 116 valence electrons. The van der Waals surface area contributed by atoms with Crippen LogP contribution in [0.25, 0.3) is 6.08 Å². The normalized spacial score (nSPS) is 11.9. The number of carboxylic acid groups (broad SMARTS) is 1. The Morgan fingerprint density at radius 2 is 1.76 bits per heavy atom. The van der Waals surface area contributed by atoms with Gasteiger partial charge in [-0.2, -0.15) is 0 Å². The van der Waals surface area contributed by atoms with Crippen LogP contribution in [0.2, 0.25) is 0 Å². The molecule has 0 aliphatic rings. The second kappa shape index (κ2) is 7.27. The first-order valence-corrected chi connectivity index (χ1v) is 6.98. The van der Waals surface area contributed by atoms with Crippen molar-refractivity contribution >= 4 is 12.0 Å². The number of carbonyl (C=O) groups is 1. The van der Waals surface area contributed by atoms with Gasteiger partial charge in [0.1, 0.15) is 12.4 Å². The molecule has 0 atom stereocenters. The molecule has 0 aliphatic heterocycles. The molecule has 0 unspecified atom stereocenters. The van der Waals surface area contributed by atoms with Crippen LogP contribution in [0.3, 0.4) is 0 Å². The van der Waals surface area contributed by atoms with Gasteiger partial charge in [0.2, 0.25) is 0 Å². The van der Waals surface area contributed by atoms with Crippen molar-refractivity contribution < 1.29 is 19.4 Å². The summed E-state index contributed by atoms with van der Waals surface area (Å²) in [5, 5.41) is 8.65. The Bertz CT molecular complexity index is 501. The largest absolute Gasteiger partial charge is 0.491 e. The predicted octanol–water partition coefficient (Wildman–Crippen LogP) is 3.60. The first-order chi connectivity index (χ1) is 9.69. The number of hydrogen-bond donors (Lipinski definition) is 1. The highest BCUT2D eigenvalue weighted by Gasteiger charge is 2.10. The molecule has 4 nitrogen and oxygen atoms in total. The fourth-order valence-corrected chi connectivity index (χ4v) is 1.97. The number of ether oxygens (including phenoxy) is 2. The Balaban J connectivity index is 2.70. The Morgan fingerprint density at radius 3 is 2.24 bits per heavy atom. The van der Waals surface area contributed by atoms with Gasteiger partial charge in [0.15, 0.2) is 0 Å². The van der Waals surface area contributed by atoms with Gasteiger partial charge >= 0.3 is 5.97 Å². The summed E-state index contributed by atoms with van der Waals surface area (Å²) in [5.41, 5.74) is 2.65. The smallest absolute Gasteiger partial charge is 0.328 e. The Kier molecular flexibility index (Phi) is 5.97. The highest BCUT2D eigenvalue weighted by molar-refractivity contribution is 5.85. The monoisotopic (exact) mass is 292 g/mol. The molecule has 0 aliphatic carbocycles. The maximum atomic E-state index is 10.5. The molecule has 1 aromatic carbocycles. The molecule has 21 heavy (non-hydrogen) atoms. The lowest BCUT2D eigenvalue weighted by Gasteiger charge is -2.20. The molecule has 0 spiro atoms. The minimum absolute atomic E-state index is 0.168. The molecule has 0 aromatic heterocycles. The summed E-state index contributed by atoms with van der Waals surface area (Å²) in [5.74, 6) is -0.120. The van der Waals surface area contributed by atoms with Crippen molar-refractivity contribution in [3.05, 3.63) is 34.9 Å². The van der Waals surface area contributed by atoms with E-state index in [1.807, 2.05) is 46.8 Å². The van der Waals surface area contributed by atoms with Crippen LogP contribution in [0, 0.1) is 13.8 Å². The lowest BCUT2D eigenvalue weighted by Crippen LogP contribution is -2.22. The molecule has 0 bridgehead atoms. The van der Waals surface area contributed by atoms with Crippen LogP contribution in [-0.4, -0.2) is 29.9 Å². The van der Waals surface area contributed by atoms with Crippen LogP contribution in [0.1, 0.15) is 37.5 Å². The minimum Gasteiger partial charge on any atom is -0.491 e. The van der Waals surface area contributed by atoms with Gasteiger partial charge in [-0.1, -0.05) is 0 Å². The van der Waals surface area contributed by atoms with E-state index in [1.54, 1.807) is 6.08 Å². The zero-order valence-electron chi connectivity index (χ0n) is 13.4. The van der Waals surface area contributed by atoms with Gasteiger partial charge in [0.05, 0.1) is 12.2 Å². The van der Waals surface area contributed by atoms with Gasteiger partial charge < -0.3 is 14.6 Å². The highest BCUT2D eigenvalue weighted by atomic mass is 16.5. The van der Waals surface area contributed by atoms with Crippen molar-refractivity contribution in [2.24, 2.45) is 0 Å². The molecule has 0 heterocycles. The summed E-state index contributed by atoms with van der Waals surface area (Å²) < 4.78 is 11.4. The lowest BCUT2D eigenvalue weighted by atomic mass is 10.1. The number of carboxylic acids is 1. The number of hydrogen-bond acceptors (Lipinski definition) is 3. The molecule has 1 N–H and O–H groups in total. The molecule has 0 saturated carbocycles. The molecule has 4 heteroatoms. The molecule has 1 aromatic rings. The molecule has 0 amide bonds. The number of aryl methyl sites for hydroxylation is 2. The molecule has 1 rings (SSSR count). The molecule has 0 saturated heterocycles. The van der Waals surface area contributed by atoms with E-state index in [4.69, 9.17) is 14.6 Å². The minimum atomic E-state index is -0.954. The third kappa shape index (κ3) is 6.45. The first-order valence-electron chi connectivity index (χ1n) is 6.98. The van der Waals surface area contributed by atoms with Crippen LogP contribution in [-0.2, 0) is 9.53 Å². The van der Waals surface area contributed by atoms with E-state index in [-0.39, 0.29) is 5.60 Å². The lowest BCUT2D eigenvalue weighted by molar-refractivity contribution is -0.131. The second-order valence-electron chi connectivity index (χ2n) is 5.96. The second-order valence-corrected chi connectivity index (χ2v) is 5.96. The summed E-state index contributed by atoms with van der Waals surface area (Å²) in [4.78, 5) is 10.5. The highest BCUT2D eigenvalue weighted by Crippen LogP contribution is 2.25. The van der Waals surface area contributed by atoms with Gasteiger partial charge in [-0.25, -0.2) is 4.79 Å². The van der Waals surface area contributed by atoms with Gasteiger partial charge in [0.25, 0.3) is 0 Å². The van der Waals surface area contributed by atoms with E-state index in [1.165, 1.54) is 0 Å². The predicted molar refractivity (Wildman–Crippen MR) is 83.8 cm³/mol. The van der Waals surface area contributed by atoms with Gasteiger partial charge in [0, 0.05) is 6.08 Å². The summed E-state index contributed by atoms with van der Waals surface area (Å²) in [6.07, 6.45) is 2.71. The van der Waals surface area contributed by atoms with Crippen molar-refractivity contribution in [2.75, 3.05) is 13.2 Å². The summed E-state index contributed by atoms with van der Waals surface area (Å²) in [6.45, 7) is 10.9. The topological polar surface area (TPSA) is 55.8 Å². The van der Waals surface area contributed by atoms with Gasteiger partial charge in [-0.15, -0.1) is 0 Å². The quantitative estimate of drug-likeness (QED) is 0.643. The third-order valence-corrected chi connectivity index (χ3v) is 2.77. The zero-order valence-corrected chi connectivity index (χ0v) is 13.4. The van der Waals surface area contributed by atoms with Crippen LogP contribution in [0.5, 0.6) is 5.75 Å². The average molecular weight is 292 g/mol. The Labute approximate surface area is 126 Å². The summed E-state index contributed by atoms with van der Waals surface area (Å²) >= 11 is 0. The number of aliphatic carboxylic acids is 1. The van der Waals surface area contributed by atoms with Crippen molar-refractivity contribution in [2.45, 2.75) is 40.2 Å². The standard InChI is InChI=1S/C17H24O4/c1-12-10-14(6-7-15(18)19)11-13(2)16(12)20-8-9-21-17(3,4)5/h6-7,10-11H,8-9H2,1-5H3,(H,18,19)/b7-6+. The average Bonchev–Trinajstić information content (AvgIpc) is 2.33. The fourth-order valence-electron chi connectivity index (χ4n) is 1.97. The van der Waals surface area contributed by atoms with Crippen molar-refractivity contribution in [3.63, 3.8) is 0 Å². The van der Waals surface area contributed by atoms with Crippen LogP contribution < -0.4 is 4.74 Å². The molecule has 0 radical (unpaired) electrons. The van der Waals surface area contributed by atoms with E-state index in [0.29, 0.717) is 13.2 Å². The van der Waals surface area contributed by atoms with Crippen molar-refractivity contribution in [3.8, 4) is 5.75 Å². The maximum Gasteiger partial charge on any atom is 0.328 e. The van der Waals surface area contributed by atoms with E-state index in [2.05, 4.69) is 0 Å². The molecule has 0 fully saturated rings. The van der Waals surface area contributed by atoms with Gasteiger partial charge in [-0.05, 0) is 69.5 Å². The van der Waals surface area contributed by atoms with E-state index in [9.17, 15) is 4.79 Å². The SMILES string of the molecule is Cc1cc(/C=C/C(=O)O)cc(C)c1OCCOC(C)(C)C. The van der Waals surface area contributed by atoms with Crippen molar-refractivity contribution in [1.82, 2.24) is 0 Å². The third-order valence-electron chi connectivity index (χ3n) is 2.77. The molecular weight excluding hydrogens is 268 g/mol. The Morgan fingerprint density at radius 1 is 1.19 bits per heavy atom. The van der Waals surface area contributed by atoms with Crippen LogP contribution in [0.4, 0.5) is 0 Å². The first kappa shape index (κ1) is 17.2. The van der Waals surface area contributed by atoms with E-state index >= 15 is 0 Å². The molecular formula is C17H24O4. The summed E-state index contributed by atoms with van der Waals surface area (Å²) in [7, 11) is 0. The van der Waals surface area contributed by atoms with E-state index < -0.39 is 5.97 Å². The number of benzene rings is 1. The zero-order chi connectivity index (χ0) is 16.0. The number of rotatable bonds is 6. The van der Waals surface area contributed by atoms with E-state index in [0.717, 1.165) is 28.5 Å². The Hall–Kier alpha value is -1.81.